The largest absolute Gasteiger partial charge is 0.480 e. The van der Waals surface area contributed by atoms with E-state index in [2.05, 4.69) is 9.82 Å². The first-order chi connectivity index (χ1) is 12.2. The van der Waals surface area contributed by atoms with Crippen molar-refractivity contribution < 1.29 is 23.1 Å². The summed E-state index contributed by atoms with van der Waals surface area (Å²) in [5.74, 6) is -1.42. The Morgan fingerprint density at radius 1 is 1.46 bits per heavy atom. The summed E-state index contributed by atoms with van der Waals surface area (Å²) in [4.78, 5) is 11.9. The van der Waals surface area contributed by atoms with Crippen LogP contribution in [0.4, 0.5) is 0 Å². The Hall–Kier alpha value is -1.45. The lowest BCUT2D eigenvalue weighted by Crippen LogP contribution is -2.53. The van der Waals surface area contributed by atoms with Crippen LogP contribution in [-0.4, -0.2) is 47.5 Å². The number of nitrogens with one attached hydrogen (secondary N) is 1. The number of hydrogen-bond donors (Lipinski definition) is 2. The Morgan fingerprint density at radius 2 is 2.15 bits per heavy atom. The van der Waals surface area contributed by atoms with Gasteiger partial charge in [0.25, 0.3) is 0 Å². The highest BCUT2D eigenvalue weighted by Crippen LogP contribution is 2.45. The summed E-state index contributed by atoms with van der Waals surface area (Å²) in [6.45, 7) is 6.21. The second-order valence-electron chi connectivity index (χ2n) is 7.39. The number of aliphatic carboxylic acids is 1. The number of hydrogen-bond acceptors (Lipinski definition) is 5. The van der Waals surface area contributed by atoms with Crippen molar-refractivity contribution in [2.24, 2.45) is 5.92 Å². The number of rotatable bonds is 6. The molecular weight excluding hydrogens is 358 g/mol. The number of aryl methyl sites for hydroxylation is 2. The molecule has 1 aliphatic carbocycles. The summed E-state index contributed by atoms with van der Waals surface area (Å²) in [6.07, 6.45) is 4.03. The minimum atomic E-state index is -3.99. The maximum absolute atomic E-state index is 12.9. The van der Waals surface area contributed by atoms with Gasteiger partial charge in [-0.3, -0.25) is 9.48 Å². The highest BCUT2D eigenvalue weighted by atomic mass is 32.2. The van der Waals surface area contributed by atoms with E-state index in [9.17, 15) is 18.3 Å². The summed E-state index contributed by atoms with van der Waals surface area (Å²) in [5.41, 5.74) is 0.647. The summed E-state index contributed by atoms with van der Waals surface area (Å²) >= 11 is 0. The van der Waals surface area contributed by atoms with E-state index in [0.29, 0.717) is 37.4 Å². The van der Waals surface area contributed by atoms with Gasteiger partial charge in [0.05, 0.1) is 17.0 Å². The fourth-order valence-electron chi connectivity index (χ4n) is 4.22. The van der Waals surface area contributed by atoms with Crippen LogP contribution in [0.1, 0.15) is 50.4 Å². The number of aromatic nitrogens is 2. The fourth-order valence-corrected chi connectivity index (χ4v) is 5.89. The molecule has 1 spiro atoms. The molecule has 2 unspecified atom stereocenters. The zero-order chi connectivity index (χ0) is 19.1. The predicted octanol–water partition coefficient (Wildman–Crippen LogP) is 1.60. The van der Waals surface area contributed by atoms with Crippen molar-refractivity contribution >= 4 is 16.0 Å². The Kier molecular flexibility index (Phi) is 5.15. The lowest BCUT2D eigenvalue weighted by Gasteiger charge is -2.48. The highest BCUT2D eigenvalue weighted by molar-refractivity contribution is 7.89. The molecule has 1 saturated heterocycles. The normalized spacial score (nSPS) is 23.6. The third kappa shape index (κ3) is 3.39. The summed E-state index contributed by atoms with van der Waals surface area (Å²) in [7, 11) is -3.99. The van der Waals surface area contributed by atoms with E-state index < -0.39 is 22.0 Å². The van der Waals surface area contributed by atoms with Crippen LogP contribution in [0.2, 0.25) is 0 Å². The van der Waals surface area contributed by atoms with E-state index in [-0.39, 0.29) is 16.4 Å². The molecule has 2 fully saturated rings. The average molecular weight is 385 g/mol. The molecule has 0 bridgehead atoms. The molecule has 1 saturated carbocycles. The van der Waals surface area contributed by atoms with Crippen LogP contribution in [0.15, 0.2) is 4.90 Å². The van der Waals surface area contributed by atoms with Crippen molar-refractivity contribution in [1.82, 2.24) is 14.5 Å². The van der Waals surface area contributed by atoms with E-state index in [1.54, 1.807) is 18.5 Å². The molecule has 1 aromatic heterocycles. The maximum atomic E-state index is 12.9. The van der Waals surface area contributed by atoms with E-state index in [1.165, 1.54) is 0 Å². The Labute approximate surface area is 154 Å². The number of carboxylic acids is 1. The maximum Gasteiger partial charge on any atom is 0.322 e. The van der Waals surface area contributed by atoms with Gasteiger partial charge in [-0.25, -0.2) is 8.42 Å². The molecule has 146 valence electrons. The molecule has 1 aliphatic heterocycles. The molecule has 2 aliphatic rings. The zero-order valence-corrected chi connectivity index (χ0v) is 16.3. The Bertz CT molecular complexity index is 798. The van der Waals surface area contributed by atoms with Gasteiger partial charge in [-0.15, -0.1) is 0 Å². The average Bonchev–Trinajstić information content (AvgIpc) is 2.85. The molecule has 0 amide bonds. The van der Waals surface area contributed by atoms with Crippen LogP contribution in [0.5, 0.6) is 0 Å². The number of sulfonamides is 1. The van der Waals surface area contributed by atoms with Gasteiger partial charge in [-0.1, -0.05) is 0 Å². The van der Waals surface area contributed by atoms with Gasteiger partial charge in [-0.2, -0.15) is 9.82 Å². The van der Waals surface area contributed by atoms with Crippen molar-refractivity contribution in [3.8, 4) is 0 Å². The first kappa shape index (κ1) is 19.3. The minimum absolute atomic E-state index is 0.0796. The standard InChI is InChI=1S/C17H27N3O5S/c1-4-20-12(3)15(11(2)18-20)26(23,24)19-14(16(21)22)13-6-9-25-17(10-13)7-5-8-17/h13-14,19H,4-10H2,1-3H3,(H,21,22). The summed E-state index contributed by atoms with van der Waals surface area (Å²) < 4.78 is 35.8. The van der Waals surface area contributed by atoms with Crippen molar-refractivity contribution in [1.29, 1.82) is 0 Å². The minimum Gasteiger partial charge on any atom is -0.480 e. The number of carboxylic acid groups (broad SMARTS) is 1. The van der Waals surface area contributed by atoms with E-state index in [4.69, 9.17) is 4.74 Å². The summed E-state index contributed by atoms with van der Waals surface area (Å²) in [6, 6.07) is -1.16. The van der Waals surface area contributed by atoms with Crippen molar-refractivity contribution in [2.75, 3.05) is 6.61 Å². The molecule has 8 nitrogen and oxygen atoms in total. The molecule has 0 aromatic carbocycles. The molecule has 9 heteroatoms. The van der Waals surface area contributed by atoms with Crippen LogP contribution in [0, 0.1) is 19.8 Å². The molecule has 2 heterocycles. The monoisotopic (exact) mass is 385 g/mol. The SMILES string of the molecule is CCn1nc(C)c(S(=O)(=O)NC(C(=O)O)C2CCOC3(CCC3)C2)c1C. The summed E-state index contributed by atoms with van der Waals surface area (Å²) in [5, 5.41) is 13.9. The second kappa shape index (κ2) is 6.94. The molecule has 0 radical (unpaired) electrons. The Morgan fingerprint density at radius 3 is 2.65 bits per heavy atom. The molecule has 1 aromatic rings. The third-order valence-electron chi connectivity index (χ3n) is 5.70. The topological polar surface area (TPSA) is 111 Å². The van der Waals surface area contributed by atoms with E-state index in [0.717, 1.165) is 19.3 Å². The molecule has 2 atom stereocenters. The third-order valence-corrected chi connectivity index (χ3v) is 7.39. The zero-order valence-electron chi connectivity index (χ0n) is 15.5. The van der Waals surface area contributed by atoms with Crippen molar-refractivity contribution in [2.45, 2.75) is 76.0 Å². The van der Waals surface area contributed by atoms with Crippen LogP contribution in [0.3, 0.4) is 0 Å². The fraction of sp³-hybridized carbons (Fsp3) is 0.765. The van der Waals surface area contributed by atoms with Crippen molar-refractivity contribution in [3.63, 3.8) is 0 Å². The van der Waals surface area contributed by atoms with E-state index in [1.807, 2.05) is 6.92 Å². The van der Waals surface area contributed by atoms with Crippen LogP contribution in [0.25, 0.3) is 0 Å². The second-order valence-corrected chi connectivity index (χ2v) is 9.04. The quantitative estimate of drug-likeness (QED) is 0.769. The molecular formula is C17H27N3O5S. The van der Waals surface area contributed by atoms with Gasteiger partial charge in [0, 0.05) is 13.2 Å². The smallest absolute Gasteiger partial charge is 0.322 e. The number of ether oxygens (including phenoxy) is 1. The first-order valence-corrected chi connectivity index (χ1v) is 10.6. The number of carbonyl (C=O) groups is 1. The molecule has 2 N–H and O–H groups in total. The van der Waals surface area contributed by atoms with Gasteiger partial charge in [0.1, 0.15) is 10.9 Å². The van der Waals surface area contributed by atoms with E-state index >= 15 is 0 Å². The lowest BCUT2D eigenvalue weighted by atomic mass is 9.70. The van der Waals surface area contributed by atoms with Gasteiger partial charge < -0.3 is 9.84 Å². The molecule has 3 rings (SSSR count). The Balaban J connectivity index is 1.86. The van der Waals surface area contributed by atoms with Crippen LogP contribution < -0.4 is 4.72 Å². The number of nitrogens with zero attached hydrogens (tertiary/aromatic N) is 2. The lowest BCUT2D eigenvalue weighted by molar-refractivity contribution is -0.157. The van der Waals surface area contributed by atoms with Gasteiger partial charge in [-0.05, 0) is 58.8 Å². The first-order valence-electron chi connectivity index (χ1n) is 9.12. The molecule has 26 heavy (non-hydrogen) atoms. The van der Waals surface area contributed by atoms with Crippen LogP contribution >= 0.6 is 0 Å². The van der Waals surface area contributed by atoms with Gasteiger partial charge in [0.15, 0.2) is 0 Å². The predicted molar refractivity (Wildman–Crippen MR) is 94.4 cm³/mol. The van der Waals surface area contributed by atoms with Crippen LogP contribution in [-0.2, 0) is 26.1 Å². The van der Waals surface area contributed by atoms with Gasteiger partial charge in [0.2, 0.25) is 10.0 Å². The highest BCUT2D eigenvalue weighted by Gasteiger charge is 2.46. The van der Waals surface area contributed by atoms with Gasteiger partial charge >= 0.3 is 5.97 Å². The van der Waals surface area contributed by atoms with Crippen molar-refractivity contribution in [3.05, 3.63) is 11.4 Å².